The number of carbonyl (C=O) groups excluding carboxylic acids is 2. The molecule has 23 heavy (non-hydrogen) atoms. The number of nitrogens with one attached hydrogen (secondary N) is 1. The fraction of sp³-hybridized carbons (Fsp3) is 0.467. The quantitative estimate of drug-likeness (QED) is 0.629. The van der Waals surface area contributed by atoms with Crippen LogP contribution < -0.4 is 9.97 Å². The van der Waals surface area contributed by atoms with Crippen LogP contribution in [0.1, 0.15) is 42.6 Å². The minimum Gasteiger partial charge on any atom is -0.534 e. The number of esters is 1. The van der Waals surface area contributed by atoms with Gasteiger partial charge in [0.1, 0.15) is 17.1 Å². The van der Waals surface area contributed by atoms with E-state index in [1.807, 2.05) is 6.92 Å². The molecule has 1 amide bonds. The molecule has 8 heteroatoms. The van der Waals surface area contributed by atoms with E-state index in [2.05, 4.69) is 5.32 Å². The Morgan fingerprint density at radius 1 is 1.48 bits per heavy atom. The SMILES string of the molecule is CCCC(=O)N[C@H]1Cc2cc(F)cc(C(=O)OCC)c2OB1O. The van der Waals surface area contributed by atoms with Crippen LogP contribution in [0.25, 0.3) is 0 Å². The molecule has 1 atom stereocenters. The molecule has 0 spiro atoms. The lowest BCUT2D eigenvalue weighted by Gasteiger charge is -2.29. The van der Waals surface area contributed by atoms with E-state index in [-0.39, 0.29) is 30.2 Å². The molecule has 0 aromatic heterocycles. The number of amides is 1. The lowest BCUT2D eigenvalue weighted by Crippen LogP contribution is -2.53. The van der Waals surface area contributed by atoms with Crippen LogP contribution in [-0.2, 0) is 16.0 Å². The second-order valence-corrected chi connectivity index (χ2v) is 5.30. The van der Waals surface area contributed by atoms with Crippen molar-refractivity contribution < 1.29 is 28.4 Å². The lowest BCUT2D eigenvalue weighted by molar-refractivity contribution is -0.121. The number of fused-ring (bicyclic) bond motifs is 1. The average molecular weight is 323 g/mol. The normalized spacial score (nSPS) is 16.3. The maximum atomic E-state index is 13.8. The van der Waals surface area contributed by atoms with Gasteiger partial charge in [0, 0.05) is 6.42 Å². The van der Waals surface area contributed by atoms with Crippen molar-refractivity contribution in [1.82, 2.24) is 5.32 Å². The largest absolute Gasteiger partial charge is 0.547 e. The van der Waals surface area contributed by atoms with Crippen molar-refractivity contribution in [2.24, 2.45) is 0 Å². The van der Waals surface area contributed by atoms with Gasteiger partial charge in [0.25, 0.3) is 0 Å². The zero-order valence-electron chi connectivity index (χ0n) is 13.1. The third-order valence-corrected chi connectivity index (χ3v) is 3.47. The van der Waals surface area contributed by atoms with Crippen LogP contribution in [0.5, 0.6) is 5.75 Å². The summed E-state index contributed by atoms with van der Waals surface area (Å²) in [6.07, 6.45) is 1.16. The molecule has 1 aliphatic heterocycles. The van der Waals surface area contributed by atoms with E-state index in [0.717, 1.165) is 6.07 Å². The first-order valence-electron chi connectivity index (χ1n) is 7.59. The Morgan fingerprint density at radius 3 is 2.87 bits per heavy atom. The number of carbonyl (C=O) groups is 2. The maximum absolute atomic E-state index is 13.8. The predicted molar refractivity (Wildman–Crippen MR) is 81.5 cm³/mol. The highest BCUT2D eigenvalue weighted by molar-refractivity contribution is 6.47. The van der Waals surface area contributed by atoms with Crippen LogP contribution >= 0.6 is 0 Å². The van der Waals surface area contributed by atoms with Gasteiger partial charge < -0.3 is 19.7 Å². The Balaban J connectivity index is 2.26. The first-order valence-corrected chi connectivity index (χ1v) is 7.59. The first kappa shape index (κ1) is 17.3. The Labute approximate surface area is 134 Å². The summed E-state index contributed by atoms with van der Waals surface area (Å²) < 4.78 is 24.0. The molecule has 0 saturated heterocycles. The van der Waals surface area contributed by atoms with Crippen LogP contribution in [0.2, 0.25) is 0 Å². The smallest absolute Gasteiger partial charge is 0.534 e. The molecule has 1 aromatic rings. The first-order chi connectivity index (χ1) is 11.0. The Kier molecular flexibility index (Phi) is 5.60. The van der Waals surface area contributed by atoms with Crippen LogP contribution in [0, 0.1) is 5.82 Å². The standard InChI is InChI=1S/C15H19BFNO5/c1-3-5-13(19)18-12-7-9-6-10(17)8-11(15(20)22-4-2)14(9)23-16(12)21/h6,8,12,21H,3-5,7H2,1-2H3,(H,18,19)/t12-/m0/s1. The van der Waals surface area contributed by atoms with Crippen molar-refractivity contribution >= 4 is 19.0 Å². The molecular weight excluding hydrogens is 304 g/mol. The summed E-state index contributed by atoms with van der Waals surface area (Å²) in [7, 11) is -1.32. The van der Waals surface area contributed by atoms with Crippen LogP contribution in [-0.4, -0.2) is 36.6 Å². The summed E-state index contributed by atoms with van der Waals surface area (Å²) in [5.41, 5.74) is 0.333. The number of benzene rings is 1. The fourth-order valence-electron chi connectivity index (χ4n) is 2.47. The van der Waals surface area contributed by atoms with Crippen molar-refractivity contribution in [3.63, 3.8) is 0 Å². The minimum absolute atomic E-state index is 0.0702. The highest BCUT2D eigenvalue weighted by Crippen LogP contribution is 2.31. The molecule has 0 fully saturated rings. The molecule has 6 nitrogen and oxygen atoms in total. The summed E-state index contributed by atoms with van der Waals surface area (Å²) in [5, 5.41) is 12.7. The van der Waals surface area contributed by atoms with Crippen LogP contribution in [0.4, 0.5) is 4.39 Å². The van der Waals surface area contributed by atoms with Gasteiger partial charge >= 0.3 is 13.1 Å². The van der Waals surface area contributed by atoms with Gasteiger partial charge in [0.15, 0.2) is 0 Å². The summed E-state index contributed by atoms with van der Waals surface area (Å²) in [6, 6.07) is 2.24. The van der Waals surface area contributed by atoms with E-state index < -0.39 is 24.8 Å². The van der Waals surface area contributed by atoms with Crippen molar-refractivity contribution in [2.45, 2.75) is 39.1 Å². The number of ether oxygens (including phenoxy) is 1. The van der Waals surface area contributed by atoms with Gasteiger partial charge in [-0.2, -0.15) is 0 Å². The van der Waals surface area contributed by atoms with Gasteiger partial charge in [0.05, 0.1) is 12.5 Å². The molecule has 0 aliphatic carbocycles. The van der Waals surface area contributed by atoms with Gasteiger partial charge in [-0.15, -0.1) is 0 Å². The van der Waals surface area contributed by atoms with Gasteiger partial charge in [-0.25, -0.2) is 9.18 Å². The average Bonchev–Trinajstić information content (AvgIpc) is 2.48. The van der Waals surface area contributed by atoms with E-state index >= 15 is 0 Å². The number of hydrogen-bond acceptors (Lipinski definition) is 5. The van der Waals surface area contributed by atoms with Crippen molar-refractivity contribution in [2.75, 3.05) is 6.61 Å². The second kappa shape index (κ2) is 7.46. The zero-order valence-corrected chi connectivity index (χ0v) is 13.1. The fourth-order valence-corrected chi connectivity index (χ4v) is 2.47. The predicted octanol–water partition coefficient (Wildman–Crippen LogP) is 1.24. The Morgan fingerprint density at radius 2 is 2.22 bits per heavy atom. The third-order valence-electron chi connectivity index (χ3n) is 3.47. The summed E-state index contributed by atoms with van der Waals surface area (Å²) in [4.78, 5) is 23.6. The monoisotopic (exact) mass is 323 g/mol. The van der Waals surface area contributed by atoms with Crippen LogP contribution in [0.3, 0.4) is 0 Å². The highest BCUT2D eigenvalue weighted by atomic mass is 19.1. The summed E-state index contributed by atoms with van der Waals surface area (Å²) in [5.74, 6) is -2.14. The van der Waals surface area contributed by atoms with Crippen molar-refractivity contribution in [3.8, 4) is 5.75 Å². The molecule has 2 rings (SSSR count). The van der Waals surface area contributed by atoms with Crippen LogP contribution in [0.15, 0.2) is 12.1 Å². The van der Waals surface area contributed by atoms with E-state index in [0.29, 0.717) is 18.4 Å². The van der Waals surface area contributed by atoms with E-state index in [9.17, 15) is 19.0 Å². The van der Waals surface area contributed by atoms with Gasteiger partial charge in [0.2, 0.25) is 5.91 Å². The maximum Gasteiger partial charge on any atom is 0.547 e. The van der Waals surface area contributed by atoms with Crippen molar-refractivity contribution in [1.29, 1.82) is 0 Å². The molecule has 2 N–H and O–H groups in total. The van der Waals surface area contributed by atoms with E-state index in [1.54, 1.807) is 6.92 Å². The Hall–Kier alpha value is -2.09. The van der Waals surface area contributed by atoms with E-state index in [1.165, 1.54) is 6.07 Å². The lowest BCUT2D eigenvalue weighted by atomic mass is 9.72. The second-order valence-electron chi connectivity index (χ2n) is 5.30. The molecule has 1 aliphatic rings. The number of rotatable bonds is 5. The topological polar surface area (TPSA) is 84.9 Å². The van der Waals surface area contributed by atoms with Gasteiger partial charge in [-0.1, -0.05) is 6.92 Å². The van der Waals surface area contributed by atoms with Crippen molar-refractivity contribution in [3.05, 3.63) is 29.1 Å². The molecular formula is C15H19BFNO5. The minimum atomic E-state index is -1.32. The Bertz CT molecular complexity index is 610. The number of halogens is 1. The number of hydrogen-bond donors (Lipinski definition) is 2. The summed E-state index contributed by atoms with van der Waals surface area (Å²) >= 11 is 0. The van der Waals surface area contributed by atoms with Gasteiger partial charge in [-0.3, -0.25) is 4.79 Å². The highest BCUT2D eigenvalue weighted by Gasteiger charge is 2.38. The zero-order chi connectivity index (χ0) is 17.0. The molecule has 0 unspecified atom stereocenters. The summed E-state index contributed by atoms with van der Waals surface area (Å²) in [6.45, 7) is 3.64. The molecule has 1 aromatic carbocycles. The molecule has 0 saturated carbocycles. The molecule has 0 bridgehead atoms. The van der Waals surface area contributed by atoms with Gasteiger partial charge in [-0.05, 0) is 37.5 Å². The molecule has 0 radical (unpaired) electrons. The molecule has 1 heterocycles. The molecule has 124 valence electrons. The third kappa shape index (κ3) is 4.01. The van der Waals surface area contributed by atoms with E-state index in [4.69, 9.17) is 9.39 Å².